The lowest BCUT2D eigenvalue weighted by atomic mass is 10.0. The quantitative estimate of drug-likeness (QED) is 0.627. The summed E-state index contributed by atoms with van der Waals surface area (Å²) in [6, 6.07) is 5.32. The third-order valence-electron chi connectivity index (χ3n) is 3.69. The van der Waals surface area contributed by atoms with E-state index < -0.39 is 5.97 Å². The molecule has 0 N–H and O–H groups in total. The zero-order chi connectivity index (χ0) is 17.3. The highest BCUT2D eigenvalue weighted by Crippen LogP contribution is 2.38. The third-order valence-corrected chi connectivity index (χ3v) is 4.66. The van der Waals surface area contributed by atoms with Gasteiger partial charge < -0.3 is 14.2 Å². The van der Waals surface area contributed by atoms with Gasteiger partial charge in [-0.1, -0.05) is 0 Å². The van der Waals surface area contributed by atoms with Crippen molar-refractivity contribution in [3.05, 3.63) is 50.9 Å². The van der Waals surface area contributed by atoms with E-state index in [9.17, 15) is 9.59 Å². The van der Waals surface area contributed by atoms with E-state index in [0.29, 0.717) is 22.8 Å². The number of esters is 1. The van der Waals surface area contributed by atoms with E-state index >= 15 is 0 Å². The van der Waals surface area contributed by atoms with Crippen molar-refractivity contribution in [2.45, 2.75) is 13.8 Å². The van der Waals surface area contributed by atoms with E-state index in [1.165, 1.54) is 7.11 Å². The van der Waals surface area contributed by atoms with Gasteiger partial charge in [0, 0.05) is 17.0 Å². The number of Topliss-reactive ketones (excluding diaryl/α,β-unsaturated/α-hetero) is 1. The maximum atomic E-state index is 12.6. The largest absolute Gasteiger partial charge is 0.482 e. The fourth-order valence-electron chi connectivity index (χ4n) is 2.41. The molecule has 5 nitrogen and oxygen atoms in total. The summed E-state index contributed by atoms with van der Waals surface area (Å²) in [6.07, 6.45) is 1.76. The summed E-state index contributed by atoms with van der Waals surface area (Å²) in [5, 5.41) is 1.97. The number of benzene rings is 1. The van der Waals surface area contributed by atoms with Gasteiger partial charge in [-0.3, -0.25) is 4.79 Å². The van der Waals surface area contributed by atoms with E-state index in [-0.39, 0.29) is 12.4 Å². The van der Waals surface area contributed by atoms with Crippen LogP contribution in [0.15, 0.2) is 29.3 Å². The molecule has 0 fully saturated rings. The van der Waals surface area contributed by atoms with Gasteiger partial charge in [-0.25, -0.2) is 4.79 Å². The van der Waals surface area contributed by atoms with Gasteiger partial charge in [-0.15, -0.1) is 11.3 Å². The molecular weight excluding hydrogens is 328 g/mol. The zero-order valence-electron chi connectivity index (χ0n) is 13.5. The van der Waals surface area contributed by atoms with Crippen molar-refractivity contribution in [1.82, 2.24) is 0 Å². The standard InChI is InChI=1S/C18H16O5S/c1-10-4-5-24-15(10)8-14-18(20)17-11(2)6-12(7-13(17)23-14)22-9-16(19)21-3/h4-8H,9H2,1-3H3/b14-8-. The molecule has 124 valence electrons. The molecular formula is C18H16O5S. The molecule has 0 amide bonds. The molecule has 0 radical (unpaired) electrons. The van der Waals surface area contributed by atoms with Crippen LogP contribution in [0.2, 0.25) is 0 Å². The van der Waals surface area contributed by atoms with Gasteiger partial charge in [0.1, 0.15) is 11.5 Å². The lowest BCUT2D eigenvalue weighted by Crippen LogP contribution is -2.12. The van der Waals surface area contributed by atoms with Gasteiger partial charge in [0.2, 0.25) is 5.78 Å². The number of rotatable bonds is 4. The lowest BCUT2D eigenvalue weighted by Gasteiger charge is -2.08. The molecule has 0 spiro atoms. The molecule has 1 aromatic carbocycles. The number of fused-ring (bicyclic) bond motifs is 1. The highest BCUT2D eigenvalue weighted by atomic mass is 32.1. The second-order valence-electron chi connectivity index (χ2n) is 5.39. The van der Waals surface area contributed by atoms with Crippen molar-refractivity contribution < 1.29 is 23.8 Å². The van der Waals surface area contributed by atoms with Gasteiger partial charge in [0.05, 0.1) is 12.7 Å². The number of methoxy groups -OCH3 is 1. The van der Waals surface area contributed by atoms with Crippen LogP contribution in [0.3, 0.4) is 0 Å². The van der Waals surface area contributed by atoms with Crippen LogP contribution in [-0.4, -0.2) is 25.5 Å². The zero-order valence-corrected chi connectivity index (χ0v) is 14.4. The van der Waals surface area contributed by atoms with Crippen LogP contribution in [0.4, 0.5) is 0 Å². The average molecular weight is 344 g/mol. The molecule has 24 heavy (non-hydrogen) atoms. The number of hydrogen-bond acceptors (Lipinski definition) is 6. The summed E-state index contributed by atoms with van der Waals surface area (Å²) in [4.78, 5) is 24.7. The lowest BCUT2D eigenvalue weighted by molar-refractivity contribution is -0.142. The minimum absolute atomic E-state index is 0.144. The van der Waals surface area contributed by atoms with Crippen molar-refractivity contribution in [3.8, 4) is 11.5 Å². The number of ketones is 1. The summed E-state index contributed by atoms with van der Waals surface area (Å²) in [6.45, 7) is 3.60. The first-order chi connectivity index (χ1) is 11.5. The summed E-state index contributed by atoms with van der Waals surface area (Å²) < 4.78 is 15.6. The first kappa shape index (κ1) is 16.3. The van der Waals surface area contributed by atoms with Crippen molar-refractivity contribution in [2.75, 3.05) is 13.7 Å². The van der Waals surface area contributed by atoms with E-state index in [1.807, 2.05) is 25.3 Å². The number of carbonyl (C=O) groups excluding carboxylic acids is 2. The van der Waals surface area contributed by atoms with Crippen LogP contribution < -0.4 is 9.47 Å². The Morgan fingerprint density at radius 3 is 2.75 bits per heavy atom. The minimum atomic E-state index is -0.473. The Balaban J connectivity index is 1.88. The SMILES string of the molecule is COC(=O)COc1cc(C)c2c(c1)O/C(=C\c1sccc1C)C2=O. The van der Waals surface area contributed by atoms with E-state index in [4.69, 9.17) is 9.47 Å². The first-order valence-electron chi connectivity index (χ1n) is 7.32. The molecule has 0 unspecified atom stereocenters. The second-order valence-corrected chi connectivity index (χ2v) is 6.33. The molecule has 3 rings (SSSR count). The Morgan fingerprint density at radius 2 is 2.08 bits per heavy atom. The fraction of sp³-hybridized carbons (Fsp3) is 0.222. The fourth-order valence-corrected chi connectivity index (χ4v) is 3.26. The normalized spacial score (nSPS) is 14.5. The maximum absolute atomic E-state index is 12.6. The number of carbonyl (C=O) groups is 2. The van der Waals surface area contributed by atoms with Gasteiger partial charge in [0.25, 0.3) is 0 Å². The van der Waals surface area contributed by atoms with Gasteiger partial charge in [-0.2, -0.15) is 0 Å². The van der Waals surface area contributed by atoms with Crippen molar-refractivity contribution >= 4 is 29.2 Å². The Kier molecular flexibility index (Phi) is 4.40. The molecule has 6 heteroatoms. The number of allylic oxidation sites excluding steroid dienone is 1. The number of aryl methyl sites for hydroxylation is 2. The second kappa shape index (κ2) is 6.49. The number of thiophene rings is 1. The van der Waals surface area contributed by atoms with Crippen LogP contribution in [0.1, 0.15) is 26.4 Å². The van der Waals surface area contributed by atoms with Gasteiger partial charge in [-0.05, 0) is 42.5 Å². The van der Waals surface area contributed by atoms with Crippen molar-refractivity contribution in [1.29, 1.82) is 0 Å². The predicted octanol–water partition coefficient (Wildman–Crippen LogP) is 3.53. The molecule has 0 atom stereocenters. The van der Waals surface area contributed by atoms with Crippen LogP contribution in [0.25, 0.3) is 6.08 Å². The van der Waals surface area contributed by atoms with Crippen LogP contribution in [0, 0.1) is 13.8 Å². The summed E-state index contributed by atoms with van der Waals surface area (Å²) in [5.74, 6) is 0.579. The summed E-state index contributed by atoms with van der Waals surface area (Å²) in [5.41, 5.74) is 2.36. The molecule has 0 saturated carbocycles. The smallest absolute Gasteiger partial charge is 0.343 e. The van der Waals surface area contributed by atoms with E-state index in [1.54, 1.807) is 29.5 Å². The molecule has 2 heterocycles. The monoisotopic (exact) mass is 344 g/mol. The van der Waals surface area contributed by atoms with Crippen LogP contribution >= 0.6 is 11.3 Å². The molecule has 0 bridgehead atoms. The van der Waals surface area contributed by atoms with E-state index in [2.05, 4.69) is 4.74 Å². The van der Waals surface area contributed by atoms with Gasteiger partial charge in [0.15, 0.2) is 12.4 Å². The maximum Gasteiger partial charge on any atom is 0.343 e. The Labute approximate surface area is 143 Å². The Morgan fingerprint density at radius 1 is 1.29 bits per heavy atom. The first-order valence-corrected chi connectivity index (χ1v) is 8.20. The number of ether oxygens (including phenoxy) is 3. The average Bonchev–Trinajstić information content (AvgIpc) is 3.09. The molecule has 1 aliphatic rings. The van der Waals surface area contributed by atoms with Crippen molar-refractivity contribution in [3.63, 3.8) is 0 Å². The van der Waals surface area contributed by atoms with Crippen molar-refractivity contribution in [2.24, 2.45) is 0 Å². The predicted molar refractivity (Wildman–Crippen MR) is 90.7 cm³/mol. The molecule has 0 saturated heterocycles. The molecule has 1 aliphatic heterocycles. The highest BCUT2D eigenvalue weighted by Gasteiger charge is 2.30. The Hall–Kier alpha value is -2.60. The topological polar surface area (TPSA) is 61.8 Å². The molecule has 1 aromatic heterocycles. The highest BCUT2D eigenvalue weighted by molar-refractivity contribution is 7.11. The van der Waals surface area contributed by atoms with Crippen LogP contribution in [0.5, 0.6) is 11.5 Å². The number of hydrogen-bond donors (Lipinski definition) is 0. The Bertz CT molecular complexity index is 847. The van der Waals surface area contributed by atoms with E-state index in [0.717, 1.165) is 16.0 Å². The summed E-state index contributed by atoms with van der Waals surface area (Å²) in [7, 11) is 1.30. The molecule has 2 aromatic rings. The third kappa shape index (κ3) is 3.05. The molecule has 0 aliphatic carbocycles. The van der Waals surface area contributed by atoms with Gasteiger partial charge >= 0.3 is 5.97 Å². The van der Waals surface area contributed by atoms with Crippen LogP contribution in [-0.2, 0) is 9.53 Å². The summed E-state index contributed by atoms with van der Waals surface area (Å²) >= 11 is 1.55. The minimum Gasteiger partial charge on any atom is -0.482 e.